The zero-order chi connectivity index (χ0) is 8.81. The Hall–Kier alpha value is -1.55. The molecule has 1 nitrogen and oxygen atoms in total. The maximum absolute atomic E-state index is 5.28. The van der Waals surface area contributed by atoms with E-state index in [0.717, 1.165) is 5.56 Å². The number of hydrogen-bond acceptors (Lipinski definition) is 0. The van der Waals surface area contributed by atoms with Gasteiger partial charge in [-0.15, -0.1) is 6.42 Å². The minimum Gasteiger partial charge on any atom is -0.246 e. The molecule has 0 spiro atoms. The smallest absolute Gasteiger partial charge is 0.246 e. The van der Waals surface area contributed by atoms with Crippen LogP contribution in [0.1, 0.15) is 16.9 Å². The van der Waals surface area contributed by atoms with Crippen LogP contribution in [0.4, 0.5) is 0 Å². The first-order chi connectivity index (χ1) is 5.88. The Morgan fingerprint density at radius 1 is 1.42 bits per heavy atom. The lowest BCUT2D eigenvalue weighted by atomic mass is 10.1. The minimum absolute atomic E-state index is 0.606. The molecule has 0 saturated carbocycles. The standard InChI is InChI=1S/C11H11O/c1-3-11(12-4-2)10-8-6-5-7-9-10/h1,5-9H,4H2,2H3/q+1. The lowest BCUT2D eigenvalue weighted by molar-refractivity contribution is -0.261. The number of carbonyl (C=O) groups excluding carboxylic acids is 1. The summed E-state index contributed by atoms with van der Waals surface area (Å²) in [6.45, 7) is 2.52. The van der Waals surface area contributed by atoms with Crippen molar-refractivity contribution in [2.75, 3.05) is 6.61 Å². The molecule has 0 aliphatic rings. The van der Waals surface area contributed by atoms with Gasteiger partial charge in [0.25, 0.3) is 6.61 Å². The van der Waals surface area contributed by atoms with Gasteiger partial charge in [0.15, 0.2) is 0 Å². The van der Waals surface area contributed by atoms with Crippen LogP contribution in [-0.4, -0.2) is 12.4 Å². The second kappa shape index (κ2) is 4.35. The molecule has 0 heterocycles. The maximum Gasteiger partial charge on any atom is 0.402 e. The molecule has 0 unspecified atom stereocenters. The van der Waals surface area contributed by atoms with Gasteiger partial charge < -0.3 is 0 Å². The van der Waals surface area contributed by atoms with Gasteiger partial charge in [0, 0.05) is 12.8 Å². The van der Waals surface area contributed by atoms with Crippen LogP contribution in [0.15, 0.2) is 30.3 Å². The fraction of sp³-hybridized carbons (Fsp3) is 0.182. The van der Waals surface area contributed by atoms with E-state index in [-0.39, 0.29) is 0 Å². The monoisotopic (exact) mass is 159 g/mol. The first kappa shape index (κ1) is 8.55. The van der Waals surface area contributed by atoms with Crippen LogP contribution >= 0.6 is 0 Å². The molecule has 0 fully saturated rings. The number of rotatable bonds is 2. The molecule has 0 radical (unpaired) electrons. The maximum atomic E-state index is 5.28. The van der Waals surface area contributed by atoms with E-state index < -0.39 is 0 Å². The number of hydrogen-bond donors (Lipinski definition) is 0. The highest BCUT2D eigenvalue weighted by molar-refractivity contribution is 6.08. The summed E-state index contributed by atoms with van der Waals surface area (Å²) >= 11 is 0. The van der Waals surface area contributed by atoms with Gasteiger partial charge in [-0.1, -0.05) is 18.2 Å². The molecule has 12 heavy (non-hydrogen) atoms. The van der Waals surface area contributed by atoms with E-state index in [1.54, 1.807) is 0 Å². The third-order valence-corrected chi connectivity index (χ3v) is 1.46. The Balaban J connectivity index is 2.98. The summed E-state index contributed by atoms with van der Waals surface area (Å²) in [5.41, 5.74) is 0.960. The van der Waals surface area contributed by atoms with Gasteiger partial charge in [-0.2, -0.15) is 0 Å². The zero-order valence-electron chi connectivity index (χ0n) is 7.08. The Morgan fingerprint density at radius 2 is 2.08 bits per heavy atom. The topological polar surface area (TPSA) is 11.3 Å². The summed E-state index contributed by atoms with van der Waals surface area (Å²) in [7, 11) is 0. The van der Waals surface area contributed by atoms with Crippen LogP contribution in [0.5, 0.6) is 0 Å². The van der Waals surface area contributed by atoms with Crippen molar-refractivity contribution in [3.63, 3.8) is 0 Å². The molecule has 0 N–H and O–H groups in total. The molecule has 1 aromatic carbocycles. The summed E-state index contributed by atoms with van der Waals surface area (Å²) < 4.78 is 5.26. The third kappa shape index (κ3) is 1.96. The normalized spacial score (nSPS) is 10.8. The summed E-state index contributed by atoms with van der Waals surface area (Å²) in [6, 6.07) is 9.69. The second-order valence-corrected chi connectivity index (χ2v) is 2.27. The van der Waals surface area contributed by atoms with Crippen LogP contribution in [0.3, 0.4) is 0 Å². The molecule has 1 heteroatoms. The van der Waals surface area contributed by atoms with Crippen LogP contribution in [0.25, 0.3) is 0 Å². The van der Waals surface area contributed by atoms with Gasteiger partial charge in [-0.25, -0.2) is 4.42 Å². The van der Waals surface area contributed by atoms with E-state index in [1.807, 2.05) is 37.3 Å². The highest BCUT2D eigenvalue weighted by Crippen LogP contribution is 1.99. The summed E-state index contributed by atoms with van der Waals surface area (Å²) in [6.07, 6.45) is 5.28. The molecular formula is C11H11O+. The van der Waals surface area contributed by atoms with Gasteiger partial charge in [-0.05, 0) is 12.1 Å². The van der Waals surface area contributed by atoms with Gasteiger partial charge in [-0.3, -0.25) is 0 Å². The van der Waals surface area contributed by atoms with E-state index in [2.05, 4.69) is 5.92 Å². The van der Waals surface area contributed by atoms with Crippen molar-refractivity contribution in [2.24, 2.45) is 0 Å². The minimum atomic E-state index is 0.606. The molecule has 60 valence electrons. The Kier molecular flexibility index (Phi) is 3.10. The largest absolute Gasteiger partial charge is 0.402 e. The quantitative estimate of drug-likeness (QED) is 0.271. The van der Waals surface area contributed by atoms with Gasteiger partial charge in [0.1, 0.15) is 0 Å². The van der Waals surface area contributed by atoms with E-state index >= 15 is 0 Å². The van der Waals surface area contributed by atoms with Crippen LogP contribution in [0.2, 0.25) is 0 Å². The molecule has 0 atom stereocenters. The number of benzene rings is 1. The molecular weight excluding hydrogens is 148 g/mol. The lowest BCUT2D eigenvalue weighted by Crippen LogP contribution is -1.97. The molecule has 0 saturated heterocycles. The fourth-order valence-electron chi connectivity index (χ4n) is 0.942. The van der Waals surface area contributed by atoms with Crippen molar-refractivity contribution >= 4 is 5.78 Å². The van der Waals surface area contributed by atoms with Crippen molar-refractivity contribution in [1.82, 2.24) is 0 Å². The van der Waals surface area contributed by atoms with E-state index in [0.29, 0.717) is 12.4 Å². The molecule has 0 bridgehead atoms. The highest BCUT2D eigenvalue weighted by atomic mass is 16.4. The molecule has 1 aromatic rings. The average Bonchev–Trinajstić information content (AvgIpc) is 2.15. The predicted octanol–water partition coefficient (Wildman–Crippen LogP) is 2.06. The van der Waals surface area contributed by atoms with Crippen LogP contribution < -0.4 is 0 Å². The van der Waals surface area contributed by atoms with E-state index in [4.69, 9.17) is 10.8 Å². The van der Waals surface area contributed by atoms with Crippen molar-refractivity contribution in [2.45, 2.75) is 6.92 Å². The van der Waals surface area contributed by atoms with Crippen LogP contribution in [0, 0.1) is 12.3 Å². The predicted molar refractivity (Wildman–Crippen MR) is 50.1 cm³/mol. The molecule has 0 aliphatic carbocycles. The molecule has 0 amide bonds. The summed E-state index contributed by atoms with van der Waals surface area (Å²) in [5.74, 6) is 3.12. The van der Waals surface area contributed by atoms with Gasteiger partial charge >= 0.3 is 5.78 Å². The fourth-order valence-corrected chi connectivity index (χ4v) is 0.942. The SMILES string of the molecule is C#CC(=[O+]CC)c1ccccc1. The lowest BCUT2D eigenvalue weighted by Gasteiger charge is -1.87. The van der Waals surface area contributed by atoms with Gasteiger partial charge in [0.05, 0.1) is 5.56 Å². The molecule has 0 aromatic heterocycles. The Morgan fingerprint density at radius 3 is 2.58 bits per heavy atom. The van der Waals surface area contributed by atoms with Crippen molar-refractivity contribution < 1.29 is 4.42 Å². The average molecular weight is 159 g/mol. The van der Waals surface area contributed by atoms with Crippen LogP contribution in [-0.2, 0) is 0 Å². The Labute approximate surface area is 72.7 Å². The number of ketones is 1. The summed E-state index contributed by atoms with van der Waals surface area (Å²) in [5, 5.41) is 0. The summed E-state index contributed by atoms with van der Waals surface area (Å²) in [4.78, 5) is 0. The van der Waals surface area contributed by atoms with E-state index in [1.165, 1.54) is 0 Å². The van der Waals surface area contributed by atoms with Crippen molar-refractivity contribution in [1.29, 1.82) is 0 Å². The third-order valence-electron chi connectivity index (χ3n) is 1.46. The first-order valence-electron chi connectivity index (χ1n) is 3.90. The first-order valence-corrected chi connectivity index (χ1v) is 3.90. The van der Waals surface area contributed by atoms with Gasteiger partial charge in [0.2, 0.25) is 0 Å². The highest BCUT2D eigenvalue weighted by Gasteiger charge is 2.09. The van der Waals surface area contributed by atoms with Crippen molar-refractivity contribution in [3.05, 3.63) is 35.9 Å². The molecule has 0 aliphatic heterocycles. The molecule has 1 rings (SSSR count). The zero-order valence-corrected chi connectivity index (χ0v) is 7.08. The number of terminal acetylenes is 1. The Bertz CT molecular complexity index is 304. The second-order valence-electron chi connectivity index (χ2n) is 2.27. The van der Waals surface area contributed by atoms with E-state index in [9.17, 15) is 0 Å². The van der Waals surface area contributed by atoms with Crippen molar-refractivity contribution in [3.8, 4) is 12.3 Å².